The zero-order valence-electron chi connectivity index (χ0n) is 15.3. The molecule has 0 radical (unpaired) electrons. The molecule has 0 unspecified atom stereocenters. The van der Waals surface area contributed by atoms with Gasteiger partial charge in [0.2, 0.25) is 5.88 Å². The first-order chi connectivity index (χ1) is 13.8. The molecule has 0 aliphatic rings. The van der Waals surface area contributed by atoms with Gasteiger partial charge < -0.3 is 5.11 Å². The monoisotopic (exact) mass is 365 g/mol. The molecule has 1 N–H and O–H groups in total. The average Bonchev–Trinajstić information content (AvgIpc) is 3.06. The van der Waals surface area contributed by atoms with Crippen molar-refractivity contribution in [2.24, 2.45) is 0 Å². The molecule has 0 fully saturated rings. The molecule has 5 aromatic rings. The SMILES string of the molecule is Oc1c(Cc2ccccc2)nc2c(Cc3ccccc3)nc3ccccc3n12. The van der Waals surface area contributed by atoms with Crippen LogP contribution in [-0.4, -0.2) is 19.5 Å². The van der Waals surface area contributed by atoms with Crippen LogP contribution in [-0.2, 0) is 12.8 Å². The number of fused-ring (bicyclic) bond motifs is 3. The molecule has 4 nitrogen and oxygen atoms in total. The standard InChI is InChI=1S/C24H19N3O/c28-24-21(16-18-11-5-2-6-12-18)26-23-20(15-17-9-3-1-4-10-17)25-19-13-7-8-14-22(19)27(23)24/h1-14,28H,15-16H2. The normalized spacial score (nSPS) is 11.3. The fourth-order valence-corrected chi connectivity index (χ4v) is 3.64. The summed E-state index contributed by atoms with van der Waals surface area (Å²) >= 11 is 0. The van der Waals surface area contributed by atoms with Crippen LogP contribution < -0.4 is 0 Å². The first-order valence-electron chi connectivity index (χ1n) is 9.35. The molecule has 2 aromatic heterocycles. The van der Waals surface area contributed by atoms with Crippen molar-refractivity contribution in [3.05, 3.63) is 107 Å². The summed E-state index contributed by atoms with van der Waals surface area (Å²) < 4.78 is 1.83. The van der Waals surface area contributed by atoms with Crippen LogP contribution in [0.3, 0.4) is 0 Å². The molecular formula is C24H19N3O. The van der Waals surface area contributed by atoms with Gasteiger partial charge >= 0.3 is 0 Å². The highest BCUT2D eigenvalue weighted by Crippen LogP contribution is 2.29. The maximum atomic E-state index is 11.0. The zero-order chi connectivity index (χ0) is 18.9. The summed E-state index contributed by atoms with van der Waals surface area (Å²) in [5, 5.41) is 11.0. The molecule has 2 heterocycles. The van der Waals surface area contributed by atoms with E-state index in [2.05, 4.69) is 12.1 Å². The maximum absolute atomic E-state index is 11.0. The lowest BCUT2D eigenvalue weighted by Crippen LogP contribution is -2.00. The van der Waals surface area contributed by atoms with Crippen molar-refractivity contribution in [3.8, 4) is 5.88 Å². The molecule has 136 valence electrons. The molecule has 3 aromatic carbocycles. The van der Waals surface area contributed by atoms with Gasteiger partial charge in [-0.1, -0.05) is 72.8 Å². The van der Waals surface area contributed by atoms with Crippen LogP contribution in [0.25, 0.3) is 16.7 Å². The van der Waals surface area contributed by atoms with Gasteiger partial charge in [-0.05, 0) is 23.3 Å². The van der Waals surface area contributed by atoms with Crippen LogP contribution in [0.1, 0.15) is 22.5 Å². The largest absolute Gasteiger partial charge is 0.493 e. The maximum Gasteiger partial charge on any atom is 0.220 e. The summed E-state index contributed by atoms with van der Waals surface area (Å²) in [4.78, 5) is 9.67. The Morgan fingerprint density at radius 1 is 0.643 bits per heavy atom. The molecule has 0 saturated carbocycles. The van der Waals surface area contributed by atoms with Crippen molar-refractivity contribution in [3.63, 3.8) is 0 Å². The average molecular weight is 365 g/mol. The van der Waals surface area contributed by atoms with Crippen LogP contribution in [0.2, 0.25) is 0 Å². The van der Waals surface area contributed by atoms with Gasteiger partial charge in [-0.15, -0.1) is 0 Å². The number of benzene rings is 3. The van der Waals surface area contributed by atoms with Crippen LogP contribution in [0.5, 0.6) is 5.88 Å². The van der Waals surface area contributed by atoms with Crippen molar-refractivity contribution in [1.29, 1.82) is 0 Å². The van der Waals surface area contributed by atoms with E-state index in [0.29, 0.717) is 24.2 Å². The fourth-order valence-electron chi connectivity index (χ4n) is 3.64. The third-order valence-corrected chi connectivity index (χ3v) is 4.99. The van der Waals surface area contributed by atoms with E-state index in [1.165, 1.54) is 5.56 Å². The Kier molecular flexibility index (Phi) is 4.02. The van der Waals surface area contributed by atoms with Crippen molar-refractivity contribution >= 4 is 16.7 Å². The highest BCUT2D eigenvalue weighted by Gasteiger charge is 2.18. The first-order valence-corrected chi connectivity index (χ1v) is 9.35. The lowest BCUT2D eigenvalue weighted by Gasteiger charge is -2.08. The number of hydrogen-bond acceptors (Lipinski definition) is 3. The van der Waals surface area contributed by atoms with Gasteiger partial charge in [0.25, 0.3) is 0 Å². The Morgan fingerprint density at radius 3 is 1.89 bits per heavy atom. The highest BCUT2D eigenvalue weighted by molar-refractivity contribution is 5.80. The van der Waals surface area contributed by atoms with Gasteiger partial charge in [0.1, 0.15) is 5.69 Å². The van der Waals surface area contributed by atoms with E-state index in [1.807, 2.05) is 77.2 Å². The third-order valence-electron chi connectivity index (χ3n) is 4.99. The predicted molar refractivity (Wildman–Crippen MR) is 111 cm³/mol. The molecule has 4 heteroatoms. The summed E-state index contributed by atoms with van der Waals surface area (Å²) in [7, 11) is 0. The van der Waals surface area contributed by atoms with Gasteiger partial charge in [-0.2, -0.15) is 0 Å². The first kappa shape index (κ1) is 16.5. The lowest BCUT2D eigenvalue weighted by molar-refractivity contribution is 0.444. The number of para-hydroxylation sites is 2. The van der Waals surface area contributed by atoms with Gasteiger partial charge in [0, 0.05) is 12.8 Å². The Labute approximate surface area is 162 Å². The second-order valence-electron chi connectivity index (χ2n) is 6.91. The summed E-state index contributed by atoms with van der Waals surface area (Å²) in [5.41, 5.74) is 6.23. The van der Waals surface area contributed by atoms with Crippen LogP contribution in [0.4, 0.5) is 0 Å². The molecule has 5 rings (SSSR count). The minimum atomic E-state index is 0.187. The number of imidazole rings is 1. The van der Waals surface area contributed by atoms with E-state index in [9.17, 15) is 5.11 Å². The fraction of sp³-hybridized carbons (Fsp3) is 0.0833. The van der Waals surface area contributed by atoms with Crippen molar-refractivity contribution in [2.75, 3.05) is 0 Å². The van der Waals surface area contributed by atoms with E-state index < -0.39 is 0 Å². The number of rotatable bonds is 4. The molecule has 0 aliphatic carbocycles. The van der Waals surface area contributed by atoms with Gasteiger partial charge in [0.05, 0.1) is 16.7 Å². The molecule has 0 aliphatic heterocycles. The van der Waals surface area contributed by atoms with Crippen LogP contribution in [0.15, 0.2) is 84.9 Å². The number of hydrogen-bond donors (Lipinski definition) is 1. The second kappa shape index (κ2) is 6.82. The smallest absolute Gasteiger partial charge is 0.220 e. The van der Waals surface area contributed by atoms with E-state index >= 15 is 0 Å². The van der Waals surface area contributed by atoms with Crippen LogP contribution in [0, 0.1) is 0 Å². The van der Waals surface area contributed by atoms with E-state index in [0.717, 1.165) is 22.3 Å². The summed E-state index contributed by atoms with van der Waals surface area (Å²) in [5.74, 6) is 0.187. The number of aromatic hydroxyl groups is 1. The molecule has 0 saturated heterocycles. The van der Waals surface area contributed by atoms with Crippen molar-refractivity contribution in [2.45, 2.75) is 12.8 Å². The zero-order valence-corrected chi connectivity index (χ0v) is 15.3. The number of nitrogens with zero attached hydrogens (tertiary/aromatic N) is 3. The Bertz CT molecular complexity index is 1260. The van der Waals surface area contributed by atoms with E-state index in [-0.39, 0.29) is 5.88 Å². The molecule has 0 bridgehead atoms. The summed E-state index contributed by atoms with van der Waals surface area (Å²) in [6.45, 7) is 0. The van der Waals surface area contributed by atoms with E-state index in [4.69, 9.17) is 9.97 Å². The third kappa shape index (κ3) is 2.89. The van der Waals surface area contributed by atoms with E-state index in [1.54, 1.807) is 0 Å². The van der Waals surface area contributed by atoms with Gasteiger partial charge in [-0.3, -0.25) is 4.40 Å². The minimum absolute atomic E-state index is 0.187. The van der Waals surface area contributed by atoms with Crippen molar-refractivity contribution in [1.82, 2.24) is 14.4 Å². The van der Waals surface area contributed by atoms with Crippen LogP contribution >= 0.6 is 0 Å². The van der Waals surface area contributed by atoms with Crippen molar-refractivity contribution < 1.29 is 5.11 Å². The molecular weight excluding hydrogens is 346 g/mol. The predicted octanol–water partition coefficient (Wildman–Crippen LogP) is 4.77. The Morgan fingerprint density at radius 2 is 1.21 bits per heavy atom. The summed E-state index contributed by atoms with van der Waals surface area (Å²) in [6.07, 6.45) is 1.24. The summed E-state index contributed by atoms with van der Waals surface area (Å²) in [6, 6.07) is 28.2. The highest BCUT2D eigenvalue weighted by atomic mass is 16.3. The Balaban J connectivity index is 1.71. The second-order valence-corrected chi connectivity index (χ2v) is 6.91. The van der Waals surface area contributed by atoms with Gasteiger partial charge in [-0.25, -0.2) is 9.97 Å². The quantitative estimate of drug-likeness (QED) is 0.499. The number of aromatic nitrogens is 3. The molecule has 0 atom stereocenters. The lowest BCUT2D eigenvalue weighted by atomic mass is 10.1. The Hall–Kier alpha value is -3.66. The molecule has 28 heavy (non-hydrogen) atoms. The van der Waals surface area contributed by atoms with Gasteiger partial charge in [0.15, 0.2) is 5.65 Å². The topological polar surface area (TPSA) is 50.4 Å². The molecule has 0 spiro atoms. The molecule has 0 amide bonds. The minimum Gasteiger partial charge on any atom is -0.493 e.